The molecule has 1 aromatic heterocycles. The smallest absolute Gasteiger partial charge is 0.244 e. The van der Waals surface area contributed by atoms with Crippen LogP contribution in [0.4, 0.5) is 0 Å². The third-order valence-corrected chi connectivity index (χ3v) is 4.40. The number of nitrogens with one attached hydrogen (secondary N) is 2. The van der Waals surface area contributed by atoms with Crippen LogP contribution in [0.15, 0.2) is 15.4 Å². The number of aryl methyl sites for hydroxylation is 1. The van der Waals surface area contributed by atoms with Crippen molar-refractivity contribution in [3.63, 3.8) is 0 Å². The molecule has 7 heteroatoms. The molecule has 0 aliphatic carbocycles. The number of methoxy groups -OCH3 is 1. The predicted octanol–water partition coefficient (Wildman–Crippen LogP) is 1.40. The van der Waals surface area contributed by atoms with Crippen LogP contribution in [0.1, 0.15) is 31.3 Å². The van der Waals surface area contributed by atoms with Crippen LogP contribution >= 0.6 is 0 Å². The van der Waals surface area contributed by atoms with Gasteiger partial charge in [-0.3, -0.25) is 0 Å². The normalized spacial score (nSPS) is 11.9. The van der Waals surface area contributed by atoms with E-state index in [0.29, 0.717) is 31.2 Å². The molecule has 0 atom stereocenters. The maximum absolute atomic E-state index is 12.2. The highest BCUT2D eigenvalue weighted by Gasteiger charge is 2.20. The molecule has 1 rings (SSSR count). The van der Waals surface area contributed by atoms with Crippen molar-refractivity contribution in [2.45, 2.75) is 38.1 Å². The van der Waals surface area contributed by atoms with Crippen LogP contribution in [0.3, 0.4) is 0 Å². The summed E-state index contributed by atoms with van der Waals surface area (Å²) in [7, 11) is -1.86. The molecule has 0 aliphatic heterocycles. The van der Waals surface area contributed by atoms with Gasteiger partial charge in [0, 0.05) is 26.3 Å². The first kappa shape index (κ1) is 17.2. The fourth-order valence-electron chi connectivity index (χ4n) is 1.78. The van der Waals surface area contributed by atoms with E-state index in [2.05, 4.69) is 10.0 Å². The zero-order valence-corrected chi connectivity index (χ0v) is 13.2. The second-order valence-corrected chi connectivity index (χ2v) is 6.25. The molecule has 0 fully saturated rings. The third kappa shape index (κ3) is 5.24. The van der Waals surface area contributed by atoms with Crippen molar-refractivity contribution in [1.82, 2.24) is 10.0 Å². The van der Waals surface area contributed by atoms with Crippen LogP contribution in [0.2, 0.25) is 0 Å². The third-order valence-electron chi connectivity index (χ3n) is 2.83. The van der Waals surface area contributed by atoms with Crippen LogP contribution in [-0.2, 0) is 21.3 Å². The molecule has 0 bridgehead atoms. The highest BCUT2D eigenvalue weighted by Crippen LogP contribution is 2.19. The average Bonchev–Trinajstić information content (AvgIpc) is 2.78. The number of hydrogen-bond donors (Lipinski definition) is 2. The van der Waals surface area contributed by atoms with E-state index in [-0.39, 0.29) is 4.90 Å². The van der Waals surface area contributed by atoms with E-state index in [1.807, 2.05) is 6.92 Å². The molecule has 0 spiro atoms. The summed E-state index contributed by atoms with van der Waals surface area (Å²) in [5, 5.41) is 3.10. The molecule has 0 amide bonds. The molecule has 1 aromatic rings. The maximum atomic E-state index is 12.2. The quantitative estimate of drug-likeness (QED) is 0.639. The molecule has 0 saturated carbocycles. The number of furan rings is 1. The molecule has 0 aliphatic rings. The second kappa shape index (κ2) is 8.41. The van der Waals surface area contributed by atoms with Gasteiger partial charge in [0.25, 0.3) is 0 Å². The van der Waals surface area contributed by atoms with Crippen LogP contribution < -0.4 is 10.0 Å². The second-order valence-electron chi connectivity index (χ2n) is 4.51. The Bertz CT molecular complexity index is 496. The van der Waals surface area contributed by atoms with E-state index in [1.54, 1.807) is 20.1 Å². The highest BCUT2D eigenvalue weighted by molar-refractivity contribution is 7.89. The molecule has 0 saturated heterocycles. The Morgan fingerprint density at radius 2 is 2.10 bits per heavy atom. The SMILES string of the molecule is CCNCc1cc(S(=O)(=O)NCCCCOC)c(C)o1. The van der Waals surface area contributed by atoms with Gasteiger partial charge in [-0.1, -0.05) is 6.92 Å². The minimum atomic E-state index is -3.49. The van der Waals surface area contributed by atoms with E-state index < -0.39 is 10.0 Å². The van der Waals surface area contributed by atoms with E-state index in [1.165, 1.54) is 0 Å². The Balaban J connectivity index is 2.60. The fraction of sp³-hybridized carbons (Fsp3) is 0.692. The summed E-state index contributed by atoms with van der Waals surface area (Å²) >= 11 is 0. The van der Waals surface area contributed by atoms with E-state index in [0.717, 1.165) is 19.4 Å². The minimum absolute atomic E-state index is 0.220. The summed E-state index contributed by atoms with van der Waals surface area (Å²) in [6.45, 7) is 6.02. The van der Waals surface area contributed by atoms with Crippen LogP contribution in [-0.4, -0.2) is 35.2 Å². The van der Waals surface area contributed by atoms with Crippen LogP contribution in [0.25, 0.3) is 0 Å². The lowest BCUT2D eigenvalue weighted by atomic mass is 10.3. The summed E-state index contributed by atoms with van der Waals surface area (Å²) in [5.74, 6) is 1.05. The summed E-state index contributed by atoms with van der Waals surface area (Å²) in [5.41, 5.74) is 0. The summed E-state index contributed by atoms with van der Waals surface area (Å²) in [4.78, 5) is 0.220. The van der Waals surface area contributed by atoms with E-state index >= 15 is 0 Å². The Hall–Kier alpha value is -0.890. The van der Waals surface area contributed by atoms with E-state index in [9.17, 15) is 8.42 Å². The molecular weight excluding hydrogens is 280 g/mol. The average molecular weight is 304 g/mol. The van der Waals surface area contributed by atoms with Crippen molar-refractivity contribution in [2.75, 3.05) is 26.8 Å². The Morgan fingerprint density at radius 3 is 2.75 bits per heavy atom. The molecule has 6 nitrogen and oxygen atoms in total. The molecule has 0 aromatic carbocycles. The summed E-state index contributed by atoms with van der Waals surface area (Å²) < 4.78 is 37.2. The Morgan fingerprint density at radius 1 is 1.35 bits per heavy atom. The fourth-order valence-corrected chi connectivity index (χ4v) is 3.06. The monoisotopic (exact) mass is 304 g/mol. The number of rotatable bonds is 10. The number of ether oxygens (including phenoxy) is 1. The van der Waals surface area contributed by atoms with Crippen molar-refractivity contribution in [2.24, 2.45) is 0 Å². The molecule has 0 unspecified atom stereocenters. The van der Waals surface area contributed by atoms with E-state index in [4.69, 9.17) is 9.15 Å². The van der Waals surface area contributed by atoms with Gasteiger partial charge in [0.05, 0.1) is 6.54 Å². The van der Waals surface area contributed by atoms with Crippen LogP contribution in [0.5, 0.6) is 0 Å². The van der Waals surface area contributed by atoms with Crippen molar-refractivity contribution < 1.29 is 17.6 Å². The van der Waals surface area contributed by atoms with Crippen molar-refractivity contribution in [3.8, 4) is 0 Å². The van der Waals surface area contributed by atoms with Gasteiger partial charge >= 0.3 is 0 Å². The zero-order valence-electron chi connectivity index (χ0n) is 12.4. The summed E-state index contributed by atoms with van der Waals surface area (Å²) in [6, 6.07) is 1.58. The lowest BCUT2D eigenvalue weighted by Gasteiger charge is -2.05. The van der Waals surface area contributed by atoms with Gasteiger partial charge < -0.3 is 14.5 Å². The lowest BCUT2D eigenvalue weighted by molar-refractivity contribution is 0.193. The molecule has 1 heterocycles. The van der Waals surface area contributed by atoms with Gasteiger partial charge in [-0.25, -0.2) is 13.1 Å². The molecule has 116 valence electrons. The van der Waals surface area contributed by atoms with Crippen molar-refractivity contribution >= 4 is 10.0 Å². The predicted molar refractivity (Wildman–Crippen MR) is 77.1 cm³/mol. The van der Waals surface area contributed by atoms with Gasteiger partial charge in [0.1, 0.15) is 16.4 Å². The summed E-state index contributed by atoms with van der Waals surface area (Å²) in [6.07, 6.45) is 1.57. The topological polar surface area (TPSA) is 80.6 Å². The molecular formula is C13H24N2O4S. The van der Waals surface area contributed by atoms with Gasteiger partial charge in [-0.15, -0.1) is 0 Å². The largest absolute Gasteiger partial charge is 0.464 e. The van der Waals surface area contributed by atoms with Gasteiger partial charge in [0.15, 0.2) is 0 Å². The van der Waals surface area contributed by atoms with Crippen molar-refractivity contribution in [1.29, 1.82) is 0 Å². The Kier molecular flexibility index (Phi) is 7.22. The Labute approximate surface area is 120 Å². The van der Waals surface area contributed by atoms with Crippen molar-refractivity contribution in [3.05, 3.63) is 17.6 Å². The highest BCUT2D eigenvalue weighted by atomic mass is 32.2. The molecule has 2 N–H and O–H groups in total. The van der Waals surface area contributed by atoms with Gasteiger partial charge in [0.2, 0.25) is 10.0 Å². The lowest BCUT2D eigenvalue weighted by Crippen LogP contribution is -2.25. The first-order valence-electron chi connectivity index (χ1n) is 6.80. The first-order valence-corrected chi connectivity index (χ1v) is 8.28. The van der Waals surface area contributed by atoms with Gasteiger partial charge in [-0.2, -0.15) is 0 Å². The maximum Gasteiger partial charge on any atom is 0.244 e. The minimum Gasteiger partial charge on any atom is -0.464 e. The standard InChI is InChI=1S/C13H24N2O4S/c1-4-14-10-12-9-13(11(2)19-12)20(16,17)15-7-5-6-8-18-3/h9,14-15H,4-8,10H2,1-3H3. The number of sulfonamides is 1. The zero-order chi connectivity index (χ0) is 15.0. The van der Waals surface area contributed by atoms with Gasteiger partial charge in [-0.05, 0) is 26.3 Å². The number of unbranched alkanes of at least 4 members (excludes halogenated alkanes) is 1. The molecule has 20 heavy (non-hydrogen) atoms. The first-order chi connectivity index (χ1) is 9.51. The molecule has 0 radical (unpaired) electrons. The number of hydrogen-bond acceptors (Lipinski definition) is 5. The van der Waals surface area contributed by atoms with Crippen LogP contribution in [0, 0.1) is 6.92 Å².